The number of nitrogens with one attached hydrogen (secondary N) is 1. The van der Waals surface area contributed by atoms with E-state index in [-0.39, 0.29) is 38.9 Å². The van der Waals surface area contributed by atoms with Crippen molar-refractivity contribution in [2.45, 2.75) is 0 Å². The summed E-state index contributed by atoms with van der Waals surface area (Å²) < 4.78 is 0. The topological polar surface area (TPSA) is 134 Å². The number of pyridine rings is 1. The van der Waals surface area contributed by atoms with Crippen molar-refractivity contribution in [1.29, 1.82) is 5.26 Å². The summed E-state index contributed by atoms with van der Waals surface area (Å²) >= 11 is 12.1. The highest BCUT2D eigenvalue weighted by Gasteiger charge is 2.20. The predicted octanol–water partition coefficient (Wildman–Crippen LogP) is 2.33. The normalized spacial score (nSPS) is 10.7. The van der Waals surface area contributed by atoms with E-state index in [0.29, 0.717) is 10.6 Å². The van der Waals surface area contributed by atoms with Gasteiger partial charge in [0.05, 0.1) is 5.39 Å². The van der Waals surface area contributed by atoms with Crippen LogP contribution in [0.4, 0.5) is 11.8 Å². The summed E-state index contributed by atoms with van der Waals surface area (Å²) in [5.74, 6) is -0.175. The molecule has 114 valence electrons. The van der Waals surface area contributed by atoms with Crippen LogP contribution in [0.15, 0.2) is 23.0 Å². The van der Waals surface area contributed by atoms with Gasteiger partial charge in [0.2, 0.25) is 5.95 Å². The van der Waals surface area contributed by atoms with Gasteiger partial charge in [-0.15, -0.1) is 0 Å². The Hall–Kier alpha value is -2.82. The fourth-order valence-electron chi connectivity index (χ4n) is 2.28. The van der Waals surface area contributed by atoms with Gasteiger partial charge in [-0.25, -0.2) is 4.98 Å². The molecule has 0 spiro atoms. The third kappa shape index (κ3) is 2.44. The van der Waals surface area contributed by atoms with Crippen LogP contribution in [-0.4, -0.2) is 15.0 Å². The van der Waals surface area contributed by atoms with Crippen molar-refractivity contribution >= 4 is 46.0 Å². The molecular weight excluding hydrogens is 339 g/mol. The Kier molecular flexibility index (Phi) is 3.56. The molecule has 0 radical (unpaired) electrons. The van der Waals surface area contributed by atoms with E-state index in [1.807, 2.05) is 6.07 Å². The zero-order chi connectivity index (χ0) is 16.7. The number of benzene rings is 1. The number of aromatic nitrogens is 3. The summed E-state index contributed by atoms with van der Waals surface area (Å²) in [7, 11) is 0. The van der Waals surface area contributed by atoms with Crippen LogP contribution in [0.5, 0.6) is 0 Å². The van der Waals surface area contributed by atoms with E-state index < -0.39 is 5.56 Å². The number of nitrogen functional groups attached to an aromatic ring is 2. The van der Waals surface area contributed by atoms with Crippen LogP contribution in [0.1, 0.15) is 5.56 Å². The minimum absolute atomic E-state index is 0.0267. The first-order chi connectivity index (χ1) is 10.9. The van der Waals surface area contributed by atoms with Crippen molar-refractivity contribution < 1.29 is 0 Å². The first kappa shape index (κ1) is 15.1. The molecule has 3 aromatic rings. The molecule has 2 heterocycles. The van der Waals surface area contributed by atoms with Crippen molar-refractivity contribution in [2.75, 3.05) is 11.5 Å². The number of halogens is 2. The first-order valence-corrected chi connectivity index (χ1v) is 7.02. The number of nitrogens with zero attached hydrogens (tertiary/aromatic N) is 3. The van der Waals surface area contributed by atoms with Crippen molar-refractivity contribution in [3.63, 3.8) is 0 Å². The van der Waals surface area contributed by atoms with Gasteiger partial charge in [0.15, 0.2) is 5.65 Å². The van der Waals surface area contributed by atoms with Gasteiger partial charge in [-0.05, 0) is 12.1 Å². The lowest BCUT2D eigenvalue weighted by Crippen LogP contribution is -2.15. The standard InChI is InChI=1S/C14H8Cl2N6O/c15-5-1-2-6(8(16)3-5)9-7(4-17)11(18)20-12-10(9)13(23)22-14(19)21-12/h1-3H,(H5,18,19,20,21,22,23). The van der Waals surface area contributed by atoms with E-state index >= 15 is 0 Å². The van der Waals surface area contributed by atoms with Crippen LogP contribution in [-0.2, 0) is 0 Å². The van der Waals surface area contributed by atoms with Gasteiger partial charge in [-0.3, -0.25) is 9.78 Å². The molecule has 0 saturated carbocycles. The Morgan fingerprint density at radius 3 is 2.61 bits per heavy atom. The molecule has 0 bridgehead atoms. The van der Waals surface area contributed by atoms with Gasteiger partial charge in [-0.2, -0.15) is 10.2 Å². The summed E-state index contributed by atoms with van der Waals surface area (Å²) in [6.45, 7) is 0. The van der Waals surface area contributed by atoms with E-state index in [4.69, 9.17) is 34.7 Å². The number of fused-ring (bicyclic) bond motifs is 1. The summed E-state index contributed by atoms with van der Waals surface area (Å²) in [4.78, 5) is 22.6. The van der Waals surface area contributed by atoms with Crippen LogP contribution in [0.2, 0.25) is 10.0 Å². The highest BCUT2D eigenvalue weighted by atomic mass is 35.5. The second-order valence-corrected chi connectivity index (χ2v) is 5.48. The van der Waals surface area contributed by atoms with Gasteiger partial charge in [0, 0.05) is 21.2 Å². The average Bonchev–Trinajstić information content (AvgIpc) is 2.45. The van der Waals surface area contributed by atoms with Crippen molar-refractivity contribution in [2.24, 2.45) is 0 Å². The smallest absolute Gasteiger partial charge is 0.262 e. The first-order valence-electron chi connectivity index (χ1n) is 6.27. The molecule has 0 aliphatic heterocycles. The molecular formula is C14H8Cl2N6O. The number of H-pyrrole nitrogens is 1. The quantitative estimate of drug-likeness (QED) is 0.618. The van der Waals surface area contributed by atoms with Crippen LogP contribution >= 0.6 is 23.2 Å². The van der Waals surface area contributed by atoms with E-state index in [1.165, 1.54) is 6.07 Å². The maximum Gasteiger partial charge on any atom is 0.262 e. The molecule has 9 heteroatoms. The molecule has 0 aliphatic carbocycles. The molecule has 0 aliphatic rings. The molecule has 3 rings (SSSR count). The summed E-state index contributed by atoms with van der Waals surface area (Å²) in [5, 5.41) is 10.2. The van der Waals surface area contributed by atoms with Crippen LogP contribution < -0.4 is 17.0 Å². The van der Waals surface area contributed by atoms with E-state index in [9.17, 15) is 10.1 Å². The molecule has 2 aromatic heterocycles. The number of nitrogens with two attached hydrogens (primary N) is 2. The van der Waals surface area contributed by atoms with E-state index in [0.717, 1.165) is 0 Å². The monoisotopic (exact) mass is 346 g/mol. The Morgan fingerprint density at radius 2 is 1.96 bits per heavy atom. The zero-order valence-corrected chi connectivity index (χ0v) is 12.9. The molecule has 0 amide bonds. The molecule has 0 atom stereocenters. The summed E-state index contributed by atoms with van der Waals surface area (Å²) in [6, 6.07) is 6.63. The Labute approximate surface area is 139 Å². The van der Waals surface area contributed by atoms with Gasteiger partial charge in [0.1, 0.15) is 17.5 Å². The summed E-state index contributed by atoms with van der Waals surface area (Å²) in [6.07, 6.45) is 0. The minimum Gasteiger partial charge on any atom is -0.383 e. The van der Waals surface area contributed by atoms with Crippen molar-refractivity contribution in [3.8, 4) is 17.2 Å². The molecule has 0 unspecified atom stereocenters. The van der Waals surface area contributed by atoms with Gasteiger partial charge in [-0.1, -0.05) is 29.3 Å². The van der Waals surface area contributed by atoms with Crippen molar-refractivity contribution in [3.05, 3.63) is 44.2 Å². The molecule has 0 fully saturated rings. The summed E-state index contributed by atoms with van der Waals surface area (Å²) in [5.41, 5.74) is 11.5. The second kappa shape index (κ2) is 5.43. The lowest BCUT2D eigenvalue weighted by molar-refractivity contribution is 1.16. The van der Waals surface area contributed by atoms with Crippen molar-refractivity contribution in [1.82, 2.24) is 15.0 Å². The maximum atomic E-state index is 12.3. The van der Waals surface area contributed by atoms with Gasteiger partial charge >= 0.3 is 0 Å². The number of rotatable bonds is 1. The third-order valence-corrected chi connectivity index (χ3v) is 3.76. The zero-order valence-electron chi connectivity index (χ0n) is 11.4. The van der Waals surface area contributed by atoms with Crippen LogP contribution in [0.3, 0.4) is 0 Å². The minimum atomic E-state index is -0.544. The van der Waals surface area contributed by atoms with Crippen LogP contribution in [0.25, 0.3) is 22.2 Å². The largest absolute Gasteiger partial charge is 0.383 e. The lowest BCUT2D eigenvalue weighted by Gasteiger charge is -2.11. The van der Waals surface area contributed by atoms with Gasteiger partial charge in [0.25, 0.3) is 5.56 Å². The Balaban J connectivity index is 2.57. The lowest BCUT2D eigenvalue weighted by atomic mass is 9.98. The van der Waals surface area contributed by atoms with E-state index in [1.54, 1.807) is 12.1 Å². The predicted molar refractivity (Wildman–Crippen MR) is 89.2 cm³/mol. The number of hydrogen-bond acceptors (Lipinski definition) is 6. The van der Waals surface area contributed by atoms with Crippen LogP contribution in [0, 0.1) is 11.3 Å². The SMILES string of the molecule is N#Cc1c(N)nc2nc(N)[nH]c(=O)c2c1-c1ccc(Cl)cc1Cl. The molecule has 23 heavy (non-hydrogen) atoms. The molecule has 5 N–H and O–H groups in total. The fourth-order valence-corrected chi connectivity index (χ4v) is 2.79. The number of nitriles is 1. The Morgan fingerprint density at radius 1 is 1.22 bits per heavy atom. The fraction of sp³-hybridized carbons (Fsp3) is 0. The third-order valence-electron chi connectivity index (χ3n) is 3.21. The molecule has 7 nitrogen and oxygen atoms in total. The van der Waals surface area contributed by atoms with E-state index in [2.05, 4.69) is 15.0 Å². The highest BCUT2D eigenvalue weighted by molar-refractivity contribution is 6.36. The Bertz CT molecular complexity index is 1050. The average molecular weight is 347 g/mol. The number of hydrogen-bond donors (Lipinski definition) is 3. The second-order valence-electron chi connectivity index (χ2n) is 4.63. The van der Waals surface area contributed by atoms with Gasteiger partial charge < -0.3 is 11.5 Å². The number of aromatic amines is 1. The molecule has 1 aromatic carbocycles. The molecule has 0 saturated heterocycles. The number of anilines is 2. The maximum absolute atomic E-state index is 12.3. The highest BCUT2D eigenvalue weighted by Crippen LogP contribution is 2.37.